The van der Waals surface area contributed by atoms with Gasteiger partial charge in [0.2, 0.25) is 0 Å². The summed E-state index contributed by atoms with van der Waals surface area (Å²) in [6, 6.07) is 16.9. The highest BCUT2D eigenvalue weighted by molar-refractivity contribution is 7.80. The second kappa shape index (κ2) is 6.30. The predicted molar refractivity (Wildman–Crippen MR) is 92.5 cm³/mol. The Kier molecular flexibility index (Phi) is 4.22. The van der Waals surface area contributed by atoms with E-state index in [0.29, 0.717) is 22.3 Å². The van der Waals surface area contributed by atoms with Crippen LogP contribution in [-0.4, -0.2) is 15.9 Å². The van der Waals surface area contributed by atoms with Gasteiger partial charge in [0.1, 0.15) is 4.99 Å². The zero-order valence-electron chi connectivity index (χ0n) is 11.6. The molecule has 5 heteroatoms. The van der Waals surface area contributed by atoms with Crippen molar-refractivity contribution in [3.8, 4) is 0 Å². The molecule has 3 rings (SSSR count). The van der Waals surface area contributed by atoms with Crippen molar-refractivity contribution in [1.82, 2.24) is 10.2 Å². The molecule has 1 fully saturated rings. The van der Waals surface area contributed by atoms with Gasteiger partial charge in [0, 0.05) is 5.02 Å². The van der Waals surface area contributed by atoms with Crippen LogP contribution in [0.1, 0.15) is 11.1 Å². The van der Waals surface area contributed by atoms with E-state index in [9.17, 15) is 4.79 Å². The minimum Gasteiger partial charge on any atom is -0.305 e. The Labute approximate surface area is 139 Å². The number of carbonyl (C=O) groups excluding carboxylic acids is 1. The molecule has 1 aliphatic rings. The molecule has 0 spiro atoms. The molecule has 1 N–H and O–H groups in total. The Bertz CT molecular complexity index is 741. The first-order valence-corrected chi connectivity index (χ1v) is 7.56. The highest BCUT2D eigenvalue weighted by Crippen LogP contribution is 2.19. The number of rotatable bonds is 3. The van der Waals surface area contributed by atoms with E-state index >= 15 is 0 Å². The Morgan fingerprint density at radius 1 is 1.09 bits per heavy atom. The van der Waals surface area contributed by atoms with Crippen LogP contribution < -0.4 is 5.32 Å². The van der Waals surface area contributed by atoms with Crippen LogP contribution in [0.3, 0.4) is 0 Å². The molecule has 0 unspecified atom stereocenters. The van der Waals surface area contributed by atoms with Crippen molar-refractivity contribution in [1.29, 1.82) is 0 Å². The number of nitrogens with one attached hydrogen (secondary N) is 1. The van der Waals surface area contributed by atoms with E-state index in [2.05, 4.69) is 5.32 Å². The van der Waals surface area contributed by atoms with E-state index in [1.165, 1.54) is 0 Å². The van der Waals surface area contributed by atoms with Gasteiger partial charge in [-0.15, -0.1) is 0 Å². The van der Waals surface area contributed by atoms with Gasteiger partial charge >= 0.3 is 6.03 Å². The van der Waals surface area contributed by atoms with Gasteiger partial charge in [-0.2, -0.15) is 0 Å². The number of thiocarbonyl (C=S) groups is 1. The minimum absolute atomic E-state index is 0.200. The molecule has 0 saturated carbocycles. The SMILES string of the molecule is O=C1N/C(=C/c2ccc(Cl)cc2)C(=S)N1Cc1ccccc1. The lowest BCUT2D eigenvalue weighted by atomic mass is 10.2. The van der Waals surface area contributed by atoms with Gasteiger partial charge in [-0.1, -0.05) is 66.3 Å². The number of nitrogens with zero attached hydrogens (tertiary/aromatic N) is 1. The molecule has 0 aliphatic carbocycles. The summed E-state index contributed by atoms with van der Waals surface area (Å²) in [4.78, 5) is 14.2. The first-order valence-electron chi connectivity index (χ1n) is 6.77. The second-order valence-electron chi connectivity index (χ2n) is 4.92. The summed E-state index contributed by atoms with van der Waals surface area (Å²) < 4.78 is 0. The van der Waals surface area contributed by atoms with E-state index in [1.54, 1.807) is 17.0 Å². The normalized spacial score (nSPS) is 16.2. The maximum atomic E-state index is 12.1. The summed E-state index contributed by atoms with van der Waals surface area (Å²) in [6.07, 6.45) is 1.85. The maximum absolute atomic E-state index is 12.1. The zero-order chi connectivity index (χ0) is 15.5. The van der Waals surface area contributed by atoms with Gasteiger partial charge < -0.3 is 5.32 Å². The van der Waals surface area contributed by atoms with E-state index in [4.69, 9.17) is 23.8 Å². The highest BCUT2D eigenvalue weighted by Gasteiger charge is 2.29. The standard InChI is InChI=1S/C17H13ClN2OS/c18-14-8-6-12(7-9-14)10-15-16(22)20(17(21)19-15)11-13-4-2-1-3-5-13/h1-10H,11H2,(H,19,21)/b15-10+. The number of hydrogen-bond donors (Lipinski definition) is 1. The molecule has 2 aromatic rings. The Balaban J connectivity index is 1.80. The van der Waals surface area contributed by atoms with Crippen molar-refractivity contribution < 1.29 is 4.79 Å². The van der Waals surface area contributed by atoms with Gasteiger partial charge in [0.05, 0.1) is 12.2 Å². The van der Waals surface area contributed by atoms with E-state index in [1.807, 2.05) is 48.5 Å². The van der Waals surface area contributed by atoms with Crippen LogP contribution in [0, 0.1) is 0 Å². The third-order valence-corrected chi connectivity index (χ3v) is 4.02. The quantitative estimate of drug-likeness (QED) is 0.675. The Morgan fingerprint density at radius 3 is 2.45 bits per heavy atom. The number of carbonyl (C=O) groups is 1. The van der Waals surface area contributed by atoms with Crippen molar-refractivity contribution in [3.63, 3.8) is 0 Å². The molecular formula is C17H13ClN2OS. The molecule has 1 heterocycles. The van der Waals surface area contributed by atoms with Crippen LogP contribution in [0.2, 0.25) is 5.02 Å². The van der Waals surface area contributed by atoms with Gasteiger partial charge in [0.25, 0.3) is 0 Å². The topological polar surface area (TPSA) is 32.3 Å². The van der Waals surface area contributed by atoms with Gasteiger partial charge in [-0.25, -0.2) is 4.79 Å². The Hall–Kier alpha value is -2.17. The average molecular weight is 329 g/mol. The third kappa shape index (κ3) is 3.18. The highest BCUT2D eigenvalue weighted by atomic mass is 35.5. The number of amides is 2. The predicted octanol–water partition coefficient (Wildman–Crippen LogP) is 4.23. The number of halogens is 1. The fraction of sp³-hybridized carbons (Fsp3) is 0.0588. The molecule has 1 aliphatic heterocycles. The van der Waals surface area contributed by atoms with Crippen LogP contribution in [0.15, 0.2) is 60.3 Å². The zero-order valence-corrected chi connectivity index (χ0v) is 13.2. The van der Waals surface area contributed by atoms with Crippen molar-refractivity contribution in [2.45, 2.75) is 6.54 Å². The minimum atomic E-state index is -0.200. The van der Waals surface area contributed by atoms with Crippen LogP contribution in [-0.2, 0) is 6.54 Å². The summed E-state index contributed by atoms with van der Waals surface area (Å²) in [5.41, 5.74) is 2.61. The van der Waals surface area contributed by atoms with Crippen LogP contribution in [0.5, 0.6) is 0 Å². The lowest BCUT2D eigenvalue weighted by Gasteiger charge is -2.13. The summed E-state index contributed by atoms with van der Waals surface area (Å²) >= 11 is 11.3. The van der Waals surface area contributed by atoms with Crippen molar-refractivity contribution >= 4 is 40.9 Å². The van der Waals surface area contributed by atoms with Gasteiger partial charge in [0.15, 0.2) is 0 Å². The van der Waals surface area contributed by atoms with Crippen LogP contribution >= 0.6 is 23.8 Å². The van der Waals surface area contributed by atoms with Crippen molar-refractivity contribution in [2.75, 3.05) is 0 Å². The molecule has 0 bridgehead atoms. The molecule has 2 aromatic carbocycles. The lowest BCUT2D eigenvalue weighted by molar-refractivity contribution is 0.228. The van der Waals surface area contributed by atoms with Crippen LogP contribution in [0.4, 0.5) is 4.79 Å². The maximum Gasteiger partial charge on any atom is 0.327 e. The summed E-state index contributed by atoms with van der Waals surface area (Å²) in [6.45, 7) is 0.462. The average Bonchev–Trinajstić information content (AvgIpc) is 2.78. The summed E-state index contributed by atoms with van der Waals surface area (Å²) in [5, 5.41) is 3.48. The molecule has 110 valence electrons. The fourth-order valence-electron chi connectivity index (χ4n) is 2.21. The molecule has 3 nitrogen and oxygen atoms in total. The van der Waals surface area contributed by atoms with E-state index in [-0.39, 0.29) is 6.03 Å². The van der Waals surface area contributed by atoms with E-state index in [0.717, 1.165) is 11.1 Å². The van der Waals surface area contributed by atoms with Crippen LogP contribution in [0.25, 0.3) is 6.08 Å². The first-order chi connectivity index (χ1) is 10.6. The largest absolute Gasteiger partial charge is 0.327 e. The van der Waals surface area contributed by atoms with Crippen molar-refractivity contribution in [3.05, 3.63) is 76.4 Å². The van der Waals surface area contributed by atoms with Crippen molar-refractivity contribution in [2.24, 2.45) is 0 Å². The molecule has 0 radical (unpaired) electrons. The fourth-order valence-corrected chi connectivity index (χ4v) is 2.59. The van der Waals surface area contributed by atoms with Gasteiger partial charge in [-0.3, -0.25) is 4.90 Å². The Morgan fingerprint density at radius 2 is 1.77 bits per heavy atom. The molecule has 0 atom stereocenters. The molecule has 0 aromatic heterocycles. The number of benzene rings is 2. The first kappa shape index (κ1) is 14.8. The summed E-state index contributed by atoms with van der Waals surface area (Å²) in [7, 11) is 0. The molecule has 22 heavy (non-hydrogen) atoms. The lowest BCUT2D eigenvalue weighted by Crippen LogP contribution is -2.29. The smallest absolute Gasteiger partial charge is 0.305 e. The monoisotopic (exact) mass is 328 g/mol. The number of hydrogen-bond acceptors (Lipinski definition) is 2. The van der Waals surface area contributed by atoms with Gasteiger partial charge in [-0.05, 0) is 29.3 Å². The number of urea groups is 1. The molecule has 2 amide bonds. The molecule has 1 saturated heterocycles. The third-order valence-electron chi connectivity index (χ3n) is 3.33. The van der Waals surface area contributed by atoms with E-state index < -0.39 is 0 Å². The summed E-state index contributed by atoms with van der Waals surface area (Å²) in [5.74, 6) is 0. The molecular weight excluding hydrogens is 316 g/mol. The second-order valence-corrected chi connectivity index (χ2v) is 5.74.